The number of piperazine rings is 1. The molecule has 0 bridgehead atoms. The lowest BCUT2D eigenvalue weighted by atomic mass is 10.3. The van der Waals surface area contributed by atoms with Crippen LogP contribution in [0.25, 0.3) is 0 Å². The third-order valence-electron chi connectivity index (χ3n) is 3.08. The fraction of sp³-hybridized carbons (Fsp3) is 0.667. The number of hydrogen-bond acceptors (Lipinski definition) is 8. The van der Waals surface area contributed by atoms with Crippen molar-refractivity contribution < 1.29 is 9.53 Å². The number of carbonyl (C=O) groups excluding carboxylic acids is 1. The second-order valence-corrected chi connectivity index (χ2v) is 5.05. The molecule has 1 saturated heterocycles. The van der Waals surface area contributed by atoms with Gasteiger partial charge in [0.05, 0.1) is 6.10 Å². The average Bonchev–Trinajstić information content (AvgIpc) is 2.46. The van der Waals surface area contributed by atoms with E-state index in [0.29, 0.717) is 32.1 Å². The number of anilines is 2. The maximum atomic E-state index is 11.3. The van der Waals surface area contributed by atoms with E-state index in [-0.39, 0.29) is 24.0 Å². The summed E-state index contributed by atoms with van der Waals surface area (Å²) in [5, 5.41) is 0. The molecule has 0 atom stereocenters. The van der Waals surface area contributed by atoms with Crippen LogP contribution in [0.15, 0.2) is 0 Å². The Morgan fingerprint density at radius 3 is 2.43 bits per heavy atom. The van der Waals surface area contributed by atoms with Crippen molar-refractivity contribution >= 4 is 17.8 Å². The van der Waals surface area contributed by atoms with E-state index in [9.17, 15) is 4.79 Å². The molecule has 3 N–H and O–H groups in total. The lowest BCUT2D eigenvalue weighted by Crippen LogP contribution is -2.48. The van der Waals surface area contributed by atoms with Gasteiger partial charge in [0.25, 0.3) is 0 Å². The highest BCUT2D eigenvalue weighted by molar-refractivity contribution is 5.73. The van der Waals surface area contributed by atoms with Crippen LogP contribution in [0.2, 0.25) is 0 Å². The largest absolute Gasteiger partial charge is 0.461 e. The fourth-order valence-electron chi connectivity index (χ4n) is 2.04. The Bertz CT molecular complexity index is 500. The standard InChI is InChI=1S/C12H21N7O2/c1-8(2)21-12-15-10(17-13)14-11(16-12)19-6-4-18(5-7-19)9(3)20/h8H,4-7,13H2,1-3H3,(H,14,15,16,17). The summed E-state index contributed by atoms with van der Waals surface area (Å²) in [5.41, 5.74) is 2.41. The minimum Gasteiger partial charge on any atom is -0.461 e. The number of nitrogens with one attached hydrogen (secondary N) is 1. The molecule has 21 heavy (non-hydrogen) atoms. The molecule has 1 aromatic rings. The van der Waals surface area contributed by atoms with E-state index in [2.05, 4.69) is 20.4 Å². The predicted molar refractivity (Wildman–Crippen MR) is 77.9 cm³/mol. The van der Waals surface area contributed by atoms with E-state index in [1.54, 1.807) is 11.8 Å². The van der Waals surface area contributed by atoms with Crippen LogP contribution >= 0.6 is 0 Å². The van der Waals surface area contributed by atoms with Crippen LogP contribution in [0.1, 0.15) is 20.8 Å². The zero-order valence-electron chi connectivity index (χ0n) is 12.5. The molecule has 1 aliphatic rings. The molecule has 1 amide bonds. The molecular formula is C12H21N7O2. The number of nitrogens with two attached hydrogens (primary N) is 1. The fourth-order valence-corrected chi connectivity index (χ4v) is 2.04. The zero-order chi connectivity index (χ0) is 15.4. The zero-order valence-corrected chi connectivity index (χ0v) is 12.5. The molecule has 1 aromatic heterocycles. The first kappa shape index (κ1) is 15.2. The Kier molecular flexibility index (Phi) is 4.73. The average molecular weight is 295 g/mol. The van der Waals surface area contributed by atoms with Crippen LogP contribution < -0.4 is 20.9 Å². The summed E-state index contributed by atoms with van der Waals surface area (Å²) in [6, 6.07) is 0.233. The molecule has 2 rings (SSSR count). The number of hydrogen-bond donors (Lipinski definition) is 2. The van der Waals surface area contributed by atoms with Crippen molar-refractivity contribution in [3.05, 3.63) is 0 Å². The number of nitrogen functional groups attached to an aromatic ring is 1. The van der Waals surface area contributed by atoms with Crippen molar-refractivity contribution in [1.82, 2.24) is 19.9 Å². The van der Waals surface area contributed by atoms with Gasteiger partial charge in [-0.1, -0.05) is 0 Å². The van der Waals surface area contributed by atoms with E-state index in [1.165, 1.54) is 0 Å². The van der Waals surface area contributed by atoms with Crippen molar-refractivity contribution in [2.24, 2.45) is 5.84 Å². The first-order chi connectivity index (χ1) is 9.99. The quantitative estimate of drug-likeness (QED) is 0.571. The Hall–Kier alpha value is -2.16. The highest BCUT2D eigenvalue weighted by Crippen LogP contribution is 2.17. The topological polar surface area (TPSA) is 110 Å². The van der Waals surface area contributed by atoms with Crippen molar-refractivity contribution in [1.29, 1.82) is 0 Å². The molecule has 0 unspecified atom stereocenters. The molecule has 0 aliphatic carbocycles. The van der Waals surface area contributed by atoms with Gasteiger partial charge in [-0.2, -0.15) is 15.0 Å². The van der Waals surface area contributed by atoms with E-state index >= 15 is 0 Å². The first-order valence-corrected chi connectivity index (χ1v) is 6.89. The van der Waals surface area contributed by atoms with Gasteiger partial charge in [0.15, 0.2) is 0 Å². The molecule has 1 fully saturated rings. The van der Waals surface area contributed by atoms with Gasteiger partial charge in [-0.15, -0.1) is 0 Å². The van der Waals surface area contributed by atoms with E-state index < -0.39 is 0 Å². The summed E-state index contributed by atoms with van der Waals surface area (Å²) < 4.78 is 5.50. The van der Waals surface area contributed by atoms with Crippen molar-refractivity contribution in [2.45, 2.75) is 26.9 Å². The highest BCUT2D eigenvalue weighted by atomic mass is 16.5. The minimum absolute atomic E-state index is 0.0413. The lowest BCUT2D eigenvalue weighted by molar-refractivity contribution is -0.129. The monoisotopic (exact) mass is 295 g/mol. The molecule has 0 radical (unpaired) electrons. The molecular weight excluding hydrogens is 274 g/mol. The summed E-state index contributed by atoms with van der Waals surface area (Å²) in [7, 11) is 0. The molecule has 0 aromatic carbocycles. The summed E-state index contributed by atoms with van der Waals surface area (Å²) >= 11 is 0. The maximum absolute atomic E-state index is 11.3. The number of amides is 1. The molecule has 1 aliphatic heterocycles. The van der Waals surface area contributed by atoms with Crippen molar-refractivity contribution in [3.8, 4) is 6.01 Å². The molecule has 9 heteroatoms. The van der Waals surface area contributed by atoms with E-state index in [1.807, 2.05) is 18.7 Å². The molecule has 116 valence electrons. The number of nitrogens with zero attached hydrogens (tertiary/aromatic N) is 5. The number of carbonyl (C=O) groups is 1. The van der Waals surface area contributed by atoms with Crippen LogP contribution in [-0.2, 0) is 4.79 Å². The number of hydrazine groups is 1. The van der Waals surface area contributed by atoms with Gasteiger partial charge < -0.3 is 14.5 Å². The Balaban J connectivity index is 2.14. The third-order valence-corrected chi connectivity index (χ3v) is 3.08. The van der Waals surface area contributed by atoms with Crippen molar-refractivity contribution in [2.75, 3.05) is 36.5 Å². The van der Waals surface area contributed by atoms with Crippen LogP contribution in [0, 0.1) is 0 Å². The van der Waals surface area contributed by atoms with Crippen LogP contribution in [0.3, 0.4) is 0 Å². The summed E-state index contributed by atoms with van der Waals surface area (Å²) in [6.45, 7) is 7.97. The van der Waals surface area contributed by atoms with E-state index in [0.717, 1.165) is 0 Å². The normalized spacial score (nSPS) is 15.3. The van der Waals surface area contributed by atoms with Gasteiger partial charge in [0.2, 0.25) is 17.8 Å². The predicted octanol–water partition coefficient (Wildman–Crippen LogP) is -0.387. The third kappa shape index (κ3) is 3.91. The summed E-state index contributed by atoms with van der Waals surface area (Å²) in [5.74, 6) is 6.21. The molecule has 0 saturated carbocycles. The summed E-state index contributed by atoms with van der Waals surface area (Å²) in [4.78, 5) is 27.7. The van der Waals surface area contributed by atoms with Gasteiger partial charge in [0.1, 0.15) is 0 Å². The number of aromatic nitrogens is 3. The van der Waals surface area contributed by atoms with Crippen molar-refractivity contribution in [3.63, 3.8) is 0 Å². The van der Waals surface area contributed by atoms with Gasteiger partial charge in [-0.25, -0.2) is 5.84 Å². The van der Waals surface area contributed by atoms with Gasteiger partial charge >= 0.3 is 6.01 Å². The van der Waals surface area contributed by atoms with Crippen LogP contribution in [-0.4, -0.2) is 58.0 Å². The smallest absolute Gasteiger partial charge is 0.323 e. The van der Waals surface area contributed by atoms with Crippen LogP contribution in [0.4, 0.5) is 11.9 Å². The minimum atomic E-state index is -0.0413. The Morgan fingerprint density at radius 1 is 1.24 bits per heavy atom. The Labute approximate surface area is 123 Å². The summed E-state index contributed by atoms with van der Waals surface area (Å²) in [6.07, 6.45) is -0.0413. The SMILES string of the molecule is CC(=O)N1CCN(c2nc(NN)nc(OC(C)C)n2)CC1. The Morgan fingerprint density at radius 2 is 1.90 bits per heavy atom. The lowest BCUT2D eigenvalue weighted by Gasteiger charge is -2.34. The van der Waals surface area contributed by atoms with Crippen LogP contribution in [0.5, 0.6) is 6.01 Å². The first-order valence-electron chi connectivity index (χ1n) is 6.89. The van der Waals surface area contributed by atoms with E-state index in [4.69, 9.17) is 10.6 Å². The molecule has 2 heterocycles. The van der Waals surface area contributed by atoms with Gasteiger partial charge in [-0.3, -0.25) is 10.2 Å². The number of ether oxygens (including phenoxy) is 1. The highest BCUT2D eigenvalue weighted by Gasteiger charge is 2.22. The second kappa shape index (κ2) is 6.53. The van der Waals surface area contributed by atoms with Gasteiger partial charge in [0, 0.05) is 33.1 Å². The van der Waals surface area contributed by atoms with Gasteiger partial charge in [-0.05, 0) is 13.8 Å². The maximum Gasteiger partial charge on any atom is 0.323 e. The molecule has 9 nitrogen and oxygen atoms in total. The second-order valence-electron chi connectivity index (χ2n) is 5.05. The number of rotatable bonds is 4. The molecule has 0 spiro atoms.